The molecule has 0 aliphatic rings. The minimum absolute atomic E-state index is 0.266. The highest BCUT2D eigenvalue weighted by molar-refractivity contribution is 5.22. The number of rotatable bonds is 9. The zero-order valence-electron chi connectivity index (χ0n) is 12.3. The van der Waals surface area contributed by atoms with Crippen molar-refractivity contribution < 1.29 is 5.11 Å². The largest absolute Gasteiger partial charge is 0.384 e. The van der Waals surface area contributed by atoms with Gasteiger partial charge in [0.1, 0.15) is 5.60 Å². The van der Waals surface area contributed by atoms with Crippen LogP contribution in [0.4, 0.5) is 0 Å². The molecule has 0 aliphatic carbocycles. The first-order valence-corrected chi connectivity index (χ1v) is 7.36. The van der Waals surface area contributed by atoms with E-state index in [1.54, 1.807) is 0 Å². The summed E-state index contributed by atoms with van der Waals surface area (Å²) < 4.78 is 0. The summed E-state index contributed by atoms with van der Waals surface area (Å²) in [7, 11) is 0. The monoisotopic (exact) mass is 264 g/mol. The zero-order valence-corrected chi connectivity index (χ0v) is 12.3. The van der Waals surface area contributed by atoms with Crippen molar-refractivity contribution in [2.24, 2.45) is 5.73 Å². The standard InChI is InChI=1S/C16H28N2O/c1-3-5-12-18(4-2)13-11-16(19,14-17)15-9-7-6-8-10-15/h6-10,19H,3-5,11-14,17H2,1-2H3. The van der Waals surface area contributed by atoms with Gasteiger partial charge in [-0.15, -0.1) is 0 Å². The summed E-state index contributed by atoms with van der Waals surface area (Å²) in [5.41, 5.74) is 5.82. The Kier molecular flexibility index (Phi) is 7.06. The van der Waals surface area contributed by atoms with Crippen molar-refractivity contribution in [1.29, 1.82) is 0 Å². The van der Waals surface area contributed by atoms with Crippen LogP contribution in [0.1, 0.15) is 38.7 Å². The van der Waals surface area contributed by atoms with Gasteiger partial charge in [0.15, 0.2) is 0 Å². The van der Waals surface area contributed by atoms with Crippen molar-refractivity contribution in [3.8, 4) is 0 Å². The molecule has 1 aromatic carbocycles. The molecule has 0 aliphatic heterocycles. The van der Waals surface area contributed by atoms with Gasteiger partial charge in [0.25, 0.3) is 0 Å². The Balaban J connectivity index is 2.61. The number of benzene rings is 1. The number of nitrogens with zero attached hydrogens (tertiary/aromatic N) is 1. The van der Waals surface area contributed by atoms with Gasteiger partial charge < -0.3 is 15.7 Å². The molecule has 0 radical (unpaired) electrons. The van der Waals surface area contributed by atoms with Crippen LogP contribution in [-0.4, -0.2) is 36.2 Å². The molecule has 1 rings (SSSR count). The lowest BCUT2D eigenvalue weighted by Gasteiger charge is -2.30. The second kappa shape index (κ2) is 8.31. The number of hydrogen-bond donors (Lipinski definition) is 2. The van der Waals surface area contributed by atoms with Gasteiger partial charge in [0.2, 0.25) is 0 Å². The number of nitrogens with two attached hydrogens (primary N) is 1. The highest BCUT2D eigenvalue weighted by Crippen LogP contribution is 2.24. The smallest absolute Gasteiger partial charge is 0.103 e. The molecule has 0 saturated carbocycles. The maximum atomic E-state index is 10.7. The summed E-state index contributed by atoms with van der Waals surface area (Å²) in [6.07, 6.45) is 3.10. The highest BCUT2D eigenvalue weighted by Gasteiger charge is 2.27. The van der Waals surface area contributed by atoms with Crippen LogP contribution < -0.4 is 5.73 Å². The van der Waals surface area contributed by atoms with E-state index in [0.29, 0.717) is 6.42 Å². The molecule has 0 fully saturated rings. The lowest BCUT2D eigenvalue weighted by molar-refractivity contribution is 0.0261. The van der Waals surface area contributed by atoms with Crippen molar-refractivity contribution >= 4 is 0 Å². The topological polar surface area (TPSA) is 49.5 Å². The van der Waals surface area contributed by atoms with Crippen LogP contribution in [0.15, 0.2) is 30.3 Å². The van der Waals surface area contributed by atoms with E-state index < -0.39 is 5.60 Å². The zero-order chi connectivity index (χ0) is 14.1. The third-order valence-corrected chi connectivity index (χ3v) is 3.77. The van der Waals surface area contributed by atoms with Crippen molar-refractivity contribution in [3.63, 3.8) is 0 Å². The minimum atomic E-state index is -0.902. The van der Waals surface area contributed by atoms with Gasteiger partial charge in [-0.3, -0.25) is 0 Å². The number of unbranched alkanes of at least 4 members (excludes halogenated alkanes) is 1. The van der Waals surface area contributed by atoms with Crippen LogP contribution in [-0.2, 0) is 5.60 Å². The van der Waals surface area contributed by atoms with Gasteiger partial charge in [-0.25, -0.2) is 0 Å². The Hall–Kier alpha value is -0.900. The Morgan fingerprint density at radius 3 is 2.37 bits per heavy atom. The Morgan fingerprint density at radius 2 is 1.84 bits per heavy atom. The minimum Gasteiger partial charge on any atom is -0.384 e. The molecule has 0 saturated heterocycles. The SMILES string of the molecule is CCCCN(CC)CCC(O)(CN)c1ccccc1. The molecule has 3 heteroatoms. The normalized spacial score (nSPS) is 14.6. The van der Waals surface area contributed by atoms with Crippen LogP contribution in [0, 0.1) is 0 Å². The Bertz CT molecular complexity index is 342. The van der Waals surface area contributed by atoms with Crippen LogP contribution in [0.3, 0.4) is 0 Å². The summed E-state index contributed by atoms with van der Waals surface area (Å²) in [4.78, 5) is 2.38. The van der Waals surface area contributed by atoms with Crippen LogP contribution in [0.25, 0.3) is 0 Å². The fourth-order valence-electron chi connectivity index (χ4n) is 2.27. The summed E-state index contributed by atoms with van der Waals surface area (Å²) in [6.45, 7) is 7.65. The van der Waals surface area contributed by atoms with E-state index in [2.05, 4.69) is 18.7 Å². The molecule has 0 heterocycles. The first kappa shape index (κ1) is 16.2. The van der Waals surface area contributed by atoms with Crippen LogP contribution >= 0.6 is 0 Å². The molecule has 108 valence electrons. The lowest BCUT2D eigenvalue weighted by Crippen LogP contribution is -2.39. The van der Waals surface area contributed by atoms with E-state index >= 15 is 0 Å². The van der Waals surface area contributed by atoms with Gasteiger partial charge >= 0.3 is 0 Å². The molecular formula is C16H28N2O. The molecule has 1 aromatic rings. The summed E-state index contributed by atoms with van der Waals surface area (Å²) >= 11 is 0. The Labute approximate surface area is 117 Å². The van der Waals surface area contributed by atoms with Crippen molar-refractivity contribution in [2.75, 3.05) is 26.2 Å². The molecule has 3 nitrogen and oxygen atoms in total. The summed E-state index contributed by atoms with van der Waals surface area (Å²) in [6, 6.07) is 9.76. The van der Waals surface area contributed by atoms with Gasteiger partial charge in [-0.2, -0.15) is 0 Å². The van der Waals surface area contributed by atoms with Crippen LogP contribution in [0.2, 0.25) is 0 Å². The van der Waals surface area contributed by atoms with E-state index in [1.807, 2.05) is 30.3 Å². The average Bonchev–Trinajstić information content (AvgIpc) is 2.48. The fourth-order valence-corrected chi connectivity index (χ4v) is 2.27. The molecule has 3 N–H and O–H groups in total. The molecular weight excluding hydrogens is 236 g/mol. The second-order valence-electron chi connectivity index (χ2n) is 5.14. The maximum Gasteiger partial charge on any atom is 0.103 e. The number of hydrogen-bond acceptors (Lipinski definition) is 3. The van der Waals surface area contributed by atoms with Crippen LogP contribution in [0.5, 0.6) is 0 Å². The predicted octanol–water partition coefficient (Wildman–Crippen LogP) is 2.35. The molecule has 19 heavy (non-hydrogen) atoms. The quantitative estimate of drug-likeness (QED) is 0.720. The second-order valence-corrected chi connectivity index (χ2v) is 5.14. The summed E-state index contributed by atoms with van der Waals surface area (Å²) in [5.74, 6) is 0. The first-order chi connectivity index (χ1) is 9.16. The highest BCUT2D eigenvalue weighted by atomic mass is 16.3. The third kappa shape index (κ3) is 4.94. The predicted molar refractivity (Wildman–Crippen MR) is 81.0 cm³/mol. The van der Waals surface area contributed by atoms with Gasteiger partial charge in [-0.1, -0.05) is 50.6 Å². The Morgan fingerprint density at radius 1 is 1.16 bits per heavy atom. The fraction of sp³-hybridized carbons (Fsp3) is 0.625. The van der Waals surface area contributed by atoms with Crippen molar-refractivity contribution in [1.82, 2.24) is 4.90 Å². The molecule has 0 amide bonds. The third-order valence-electron chi connectivity index (χ3n) is 3.77. The molecule has 1 atom stereocenters. The average molecular weight is 264 g/mol. The van der Waals surface area contributed by atoms with E-state index in [4.69, 9.17) is 5.73 Å². The summed E-state index contributed by atoms with van der Waals surface area (Å²) in [5, 5.41) is 10.7. The first-order valence-electron chi connectivity index (χ1n) is 7.36. The lowest BCUT2D eigenvalue weighted by atomic mass is 9.90. The van der Waals surface area contributed by atoms with Crippen molar-refractivity contribution in [2.45, 2.75) is 38.7 Å². The van der Waals surface area contributed by atoms with E-state index in [-0.39, 0.29) is 6.54 Å². The van der Waals surface area contributed by atoms with E-state index in [9.17, 15) is 5.11 Å². The van der Waals surface area contributed by atoms with E-state index in [1.165, 1.54) is 12.8 Å². The molecule has 1 unspecified atom stereocenters. The van der Waals surface area contributed by atoms with Crippen molar-refractivity contribution in [3.05, 3.63) is 35.9 Å². The number of aliphatic hydroxyl groups is 1. The van der Waals surface area contributed by atoms with Gasteiger partial charge in [0, 0.05) is 13.1 Å². The van der Waals surface area contributed by atoms with Gasteiger partial charge in [-0.05, 0) is 31.5 Å². The maximum absolute atomic E-state index is 10.7. The molecule has 0 spiro atoms. The van der Waals surface area contributed by atoms with Gasteiger partial charge in [0.05, 0.1) is 0 Å². The molecule has 0 bridgehead atoms. The van der Waals surface area contributed by atoms with E-state index in [0.717, 1.165) is 25.2 Å². The molecule has 0 aromatic heterocycles.